The molecule has 2 aliphatic heterocycles. The first kappa shape index (κ1) is 11.7. The molecule has 0 aromatic carbocycles. The maximum absolute atomic E-state index is 6.13. The molecule has 6 nitrogen and oxygen atoms in total. The van der Waals surface area contributed by atoms with Crippen LogP contribution in [-0.2, 0) is 0 Å². The van der Waals surface area contributed by atoms with Crippen molar-refractivity contribution in [2.75, 3.05) is 23.7 Å². The first-order chi connectivity index (χ1) is 9.15. The van der Waals surface area contributed by atoms with E-state index in [0.29, 0.717) is 11.9 Å². The molecule has 0 saturated heterocycles. The van der Waals surface area contributed by atoms with Gasteiger partial charge in [0, 0.05) is 24.8 Å². The highest BCUT2D eigenvalue weighted by Crippen LogP contribution is 2.36. The van der Waals surface area contributed by atoms with Crippen molar-refractivity contribution >= 4 is 49.1 Å². The number of piperazine rings is 1. The first-order valence-corrected chi connectivity index (χ1v) is 7.43. The molecule has 98 valence electrons. The number of fused-ring (bicyclic) bond motifs is 2. The summed E-state index contributed by atoms with van der Waals surface area (Å²) in [6.07, 6.45) is 3.94. The molecule has 2 bridgehead atoms. The fourth-order valence-electron chi connectivity index (χ4n) is 2.56. The molecule has 3 N–H and O–H groups in total. The van der Waals surface area contributed by atoms with Crippen LogP contribution in [0.3, 0.4) is 0 Å². The van der Waals surface area contributed by atoms with Crippen molar-refractivity contribution < 1.29 is 0 Å². The van der Waals surface area contributed by atoms with E-state index in [1.807, 2.05) is 0 Å². The third-order valence-electron chi connectivity index (χ3n) is 3.48. The fraction of sp³-hybridized carbons (Fsp3) is 0.273. The summed E-state index contributed by atoms with van der Waals surface area (Å²) in [5.41, 5.74) is 8.11. The number of hydrogen-bond donors (Lipinski definition) is 2. The first-order valence-electron chi connectivity index (χ1n) is 5.85. The van der Waals surface area contributed by atoms with Crippen LogP contribution in [0.25, 0.3) is 5.65 Å². The topological polar surface area (TPSA) is 71.5 Å². The Hall–Kier alpha value is -1.12. The van der Waals surface area contributed by atoms with Crippen LogP contribution >= 0.6 is 31.9 Å². The van der Waals surface area contributed by atoms with E-state index in [9.17, 15) is 0 Å². The van der Waals surface area contributed by atoms with Crippen LogP contribution in [0.1, 0.15) is 0 Å². The number of nitrogens with two attached hydrogens (primary N) is 1. The van der Waals surface area contributed by atoms with Gasteiger partial charge in [0.2, 0.25) is 0 Å². The zero-order valence-electron chi connectivity index (χ0n) is 9.77. The van der Waals surface area contributed by atoms with E-state index in [1.165, 1.54) is 5.70 Å². The van der Waals surface area contributed by atoms with E-state index in [1.54, 1.807) is 10.7 Å². The Kier molecular flexibility index (Phi) is 2.42. The lowest BCUT2D eigenvalue weighted by molar-refractivity contribution is 0.619. The van der Waals surface area contributed by atoms with E-state index >= 15 is 0 Å². The van der Waals surface area contributed by atoms with Crippen LogP contribution in [-0.4, -0.2) is 33.7 Å². The van der Waals surface area contributed by atoms with Crippen LogP contribution in [0.15, 0.2) is 26.9 Å². The Morgan fingerprint density at radius 3 is 2.95 bits per heavy atom. The van der Waals surface area contributed by atoms with Crippen molar-refractivity contribution in [3.8, 4) is 0 Å². The molecule has 2 aromatic rings. The Morgan fingerprint density at radius 1 is 1.42 bits per heavy atom. The number of hydrogen-bond acceptors (Lipinski definition) is 5. The molecule has 0 amide bonds. The number of nitrogens with one attached hydrogen (secondary N) is 1. The molecule has 4 heterocycles. The average Bonchev–Trinajstić information content (AvgIpc) is 3.09. The molecule has 0 spiro atoms. The lowest BCUT2D eigenvalue weighted by Crippen LogP contribution is -2.41. The molecule has 2 aromatic heterocycles. The maximum atomic E-state index is 6.13. The Labute approximate surface area is 125 Å². The summed E-state index contributed by atoms with van der Waals surface area (Å²) in [7, 11) is 0. The summed E-state index contributed by atoms with van der Waals surface area (Å²) in [6, 6.07) is 0.412. The van der Waals surface area contributed by atoms with Gasteiger partial charge < -0.3 is 16.0 Å². The second-order valence-electron chi connectivity index (χ2n) is 4.62. The van der Waals surface area contributed by atoms with Gasteiger partial charge in [-0.15, -0.1) is 0 Å². The molecule has 0 aliphatic carbocycles. The standard InChI is InChI=1S/C11H10Br2N6/c12-7-3-16-19-9(14)8(13)11(17-10(7)19)18-4-5-1-6(18)2-15-5/h1,3,5,15H,2,4,14H2/t5-/m0/s1. The maximum Gasteiger partial charge on any atom is 0.173 e. The van der Waals surface area contributed by atoms with Gasteiger partial charge in [0.1, 0.15) is 10.3 Å². The molecule has 8 heteroatoms. The number of anilines is 2. The molecule has 4 rings (SSSR count). The molecule has 2 aliphatic rings. The number of nitrogens with zero attached hydrogens (tertiary/aromatic N) is 4. The third kappa shape index (κ3) is 1.56. The summed E-state index contributed by atoms with van der Waals surface area (Å²) in [6.45, 7) is 1.77. The molecular weight excluding hydrogens is 376 g/mol. The molecular formula is C11H10Br2N6. The van der Waals surface area contributed by atoms with Crippen LogP contribution in [0.4, 0.5) is 11.6 Å². The summed E-state index contributed by atoms with van der Waals surface area (Å²) in [4.78, 5) is 6.88. The van der Waals surface area contributed by atoms with E-state index < -0.39 is 0 Å². The van der Waals surface area contributed by atoms with Crippen LogP contribution in [0, 0.1) is 0 Å². The van der Waals surface area contributed by atoms with Gasteiger partial charge in [0.25, 0.3) is 0 Å². The van der Waals surface area contributed by atoms with Gasteiger partial charge in [-0.1, -0.05) is 0 Å². The average molecular weight is 386 g/mol. The predicted octanol–water partition coefficient (Wildman–Crippen LogP) is 1.51. The van der Waals surface area contributed by atoms with Crippen molar-refractivity contribution in [3.05, 3.63) is 26.9 Å². The lowest BCUT2D eigenvalue weighted by Gasteiger charge is -2.28. The van der Waals surface area contributed by atoms with Crippen molar-refractivity contribution in [2.45, 2.75) is 6.04 Å². The minimum absolute atomic E-state index is 0.412. The quantitative estimate of drug-likeness (QED) is 0.778. The van der Waals surface area contributed by atoms with Gasteiger partial charge in [0.15, 0.2) is 11.5 Å². The van der Waals surface area contributed by atoms with Gasteiger partial charge in [-0.25, -0.2) is 4.98 Å². The molecule has 0 saturated carbocycles. The lowest BCUT2D eigenvalue weighted by atomic mass is 10.3. The number of halogens is 2. The van der Waals surface area contributed by atoms with Crippen molar-refractivity contribution in [2.24, 2.45) is 0 Å². The zero-order valence-corrected chi connectivity index (χ0v) is 12.9. The molecule has 0 fully saturated rings. The van der Waals surface area contributed by atoms with Crippen LogP contribution in [0.5, 0.6) is 0 Å². The molecule has 0 radical (unpaired) electrons. The Bertz CT molecular complexity index is 722. The van der Waals surface area contributed by atoms with Crippen LogP contribution in [0.2, 0.25) is 0 Å². The Morgan fingerprint density at radius 2 is 2.26 bits per heavy atom. The molecule has 1 atom stereocenters. The van der Waals surface area contributed by atoms with E-state index in [4.69, 9.17) is 5.73 Å². The smallest absolute Gasteiger partial charge is 0.173 e. The highest BCUT2D eigenvalue weighted by atomic mass is 79.9. The summed E-state index contributed by atoms with van der Waals surface area (Å²) in [5, 5.41) is 7.60. The number of rotatable bonds is 1. The summed E-state index contributed by atoms with van der Waals surface area (Å²) in [5.74, 6) is 1.41. The van der Waals surface area contributed by atoms with Crippen molar-refractivity contribution in [3.63, 3.8) is 0 Å². The second-order valence-corrected chi connectivity index (χ2v) is 6.27. The summed E-state index contributed by atoms with van der Waals surface area (Å²) < 4.78 is 3.24. The number of aromatic nitrogens is 3. The minimum Gasteiger partial charge on any atom is -0.383 e. The van der Waals surface area contributed by atoms with Gasteiger partial charge in [-0.3, -0.25) is 0 Å². The predicted molar refractivity (Wildman–Crippen MR) is 80.0 cm³/mol. The molecule has 19 heavy (non-hydrogen) atoms. The largest absolute Gasteiger partial charge is 0.383 e. The minimum atomic E-state index is 0.412. The van der Waals surface area contributed by atoms with Gasteiger partial charge >= 0.3 is 0 Å². The van der Waals surface area contributed by atoms with E-state index in [2.05, 4.69) is 58.2 Å². The fourth-order valence-corrected chi connectivity index (χ4v) is 3.38. The number of nitrogen functional groups attached to an aromatic ring is 1. The van der Waals surface area contributed by atoms with Crippen molar-refractivity contribution in [1.29, 1.82) is 0 Å². The van der Waals surface area contributed by atoms with Crippen LogP contribution < -0.4 is 16.0 Å². The van der Waals surface area contributed by atoms with Gasteiger partial charge in [0.05, 0.1) is 10.7 Å². The highest BCUT2D eigenvalue weighted by Gasteiger charge is 2.32. The van der Waals surface area contributed by atoms with E-state index in [0.717, 1.165) is 33.5 Å². The van der Waals surface area contributed by atoms with Gasteiger partial charge in [-0.05, 0) is 37.9 Å². The summed E-state index contributed by atoms with van der Waals surface area (Å²) >= 11 is 6.99. The third-order valence-corrected chi connectivity index (χ3v) is 4.80. The van der Waals surface area contributed by atoms with Crippen molar-refractivity contribution in [1.82, 2.24) is 19.9 Å². The normalized spacial score (nSPS) is 21.5. The SMILES string of the molecule is Nc1c(Br)c(N2C[C@@H]3C=C2CN3)nc2c(Br)cnn12. The second kappa shape index (κ2) is 3.94. The van der Waals surface area contributed by atoms with Gasteiger partial charge in [-0.2, -0.15) is 9.61 Å². The highest BCUT2D eigenvalue weighted by molar-refractivity contribution is 9.11. The Balaban J connectivity index is 1.92. The molecule has 0 unspecified atom stereocenters. The monoisotopic (exact) mass is 384 g/mol. The zero-order chi connectivity index (χ0) is 13.1. The van der Waals surface area contributed by atoms with E-state index in [-0.39, 0.29) is 0 Å².